The molecule has 0 atom stereocenters. The molecule has 0 unspecified atom stereocenters. The lowest BCUT2D eigenvalue weighted by Crippen LogP contribution is -2.32. The van der Waals surface area contributed by atoms with Crippen molar-refractivity contribution in [2.24, 2.45) is 0 Å². The molecule has 0 spiro atoms. The Morgan fingerprint density at radius 1 is 0.833 bits per heavy atom. The zero-order valence-corrected chi connectivity index (χ0v) is 17.1. The number of nitrogens with one attached hydrogen (secondary N) is 3. The van der Waals surface area contributed by atoms with E-state index in [-0.39, 0.29) is 17.3 Å². The Bertz CT molecular complexity index is 1140. The summed E-state index contributed by atoms with van der Waals surface area (Å²) in [5, 5.41) is 5.17. The standard InChI is InChI=1S/C22H21N3O4S/c1-16-6-5-7-17(14-16)22(27)23-15-21(26)24-18-10-12-20(13-11-18)30(28,29)25-19-8-3-2-4-9-19/h2-14,25H,15H2,1H3,(H,23,27)(H,24,26). The largest absolute Gasteiger partial charge is 0.343 e. The van der Waals surface area contributed by atoms with Gasteiger partial charge in [-0.3, -0.25) is 14.3 Å². The van der Waals surface area contributed by atoms with E-state index < -0.39 is 15.9 Å². The quantitative estimate of drug-likeness (QED) is 0.543. The summed E-state index contributed by atoms with van der Waals surface area (Å²) < 4.78 is 27.3. The summed E-state index contributed by atoms with van der Waals surface area (Å²) in [7, 11) is -3.73. The molecule has 0 bridgehead atoms. The number of carbonyl (C=O) groups excluding carboxylic acids is 2. The van der Waals surface area contributed by atoms with Gasteiger partial charge in [-0.25, -0.2) is 8.42 Å². The molecule has 0 heterocycles. The molecule has 0 radical (unpaired) electrons. The van der Waals surface area contributed by atoms with E-state index in [1.54, 1.807) is 48.5 Å². The lowest BCUT2D eigenvalue weighted by molar-refractivity contribution is -0.115. The third-order valence-electron chi connectivity index (χ3n) is 4.16. The van der Waals surface area contributed by atoms with Crippen LogP contribution in [-0.4, -0.2) is 26.8 Å². The van der Waals surface area contributed by atoms with Gasteiger partial charge >= 0.3 is 0 Å². The zero-order chi connectivity index (χ0) is 21.6. The highest BCUT2D eigenvalue weighted by Crippen LogP contribution is 2.18. The molecule has 0 saturated carbocycles. The molecular formula is C22H21N3O4S. The Kier molecular flexibility index (Phi) is 6.48. The van der Waals surface area contributed by atoms with Crippen LogP contribution in [0, 0.1) is 6.92 Å². The summed E-state index contributed by atoms with van der Waals surface area (Å²) in [5.74, 6) is -0.767. The van der Waals surface area contributed by atoms with Gasteiger partial charge in [-0.15, -0.1) is 0 Å². The minimum atomic E-state index is -3.73. The maximum absolute atomic E-state index is 12.4. The average Bonchev–Trinajstić information content (AvgIpc) is 2.73. The van der Waals surface area contributed by atoms with Gasteiger partial charge in [-0.05, 0) is 55.5 Å². The molecular weight excluding hydrogens is 402 g/mol. The minimum absolute atomic E-state index is 0.0668. The molecule has 0 aliphatic heterocycles. The van der Waals surface area contributed by atoms with Crippen LogP contribution in [0.1, 0.15) is 15.9 Å². The molecule has 30 heavy (non-hydrogen) atoms. The maximum Gasteiger partial charge on any atom is 0.261 e. The second-order valence-electron chi connectivity index (χ2n) is 6.60. The highest BCUT2D eigenvalue weighted by molar-refractivity contribution is 7.92. The highest BCUT2D eigenvalue weighted by atomic mass is 32.2. The summed E-state index contributed by atoms with van der Waals surface area (Å²) in [6.45, 7) is 1.67. The molecule has 3 aromatic carbocycles. The number of rotatable bonds is 7. The van der Waals surface area contributed by atoms with Crippen molar-refractivity contribution in [3.63, 3.8) is 0 Å². The Labute approximate surface area is 175 Å². The van der Waals surface area contributed by atoms with E-state index in [2.05, 4.69) is 15.4 Å². The smallest absolute Gasteiger partial charge is 0.261 e. The van der Waals surface area contributed by atoms with Gasteiger partial charge in [0.05, 0.1) is 11.4 Å². The van der Waals surface area contributed by atoms with Crippen molar-refractivity contribution in [1.29, 1.82) is 0 Å². The number of anilines is 2. The molecule has 0 aromatic heterocycles. The monoisotopic (exact) mass is 423 g/mol. The molecule has 0 fully saturated rings. The van der Waals surface area contributed by atoms with Crippen LogP contribution in [0.15, 0.2) is 83.8 Å². The normalized spacial score (nSPS) is 10.8. The number of hydrogen-bond acceptors (Lipinski definition) is 4. The minimum Gasteiger partial charge on any atom is -0.343 e. The fourth-order valence-electron chi connectivity index (χ4n) is 2.69. The van der Waals surface area contributed by atoms with Crippen molar-refractivity contribution in [3.8, 4) is 0 Å². The number of benzene rings is 3. The first-order chi connectivity index (χ1) is 14.3. The number of hydrogen-bond donors (Lipinski definition) is 3. The average molecular weight is 423 g/mol. The van der Waals surface area contributed by atoms with Gasteiger partial charge in [-0.2, -0.15) is 0 Å². The van der Waals surface area contributed by atoms with Gasteiger partial charge < -0.3 is 10.6 Å². The second-order valence-corrected chi connectivity index (χ2v) is 8.28. The van der Waals surface area contributed by atoms with Crippen molar-refractivity contribution >= 4 is 33.2 Å². The predicted octanol–water partition coefficient (Wildman–Crippen LogP) is 3.16. The summed E-state index contributed by atoms with van der Waals surface area (Å²) in [6.07, 6.45) is 0. The Hall–Kier alpha value is -3.65. The van der Waals surface area contributed by atoms with E-state index in [1.165, 1.54) is 24.3 Å². The predicted molar refractivity (Wildman–Crippen MR) is 116 cm³/mol. The first kappa shape index (κ1) is 21.1. The van der Waals surface area contributed by atoms with E-state index in [0.29, 0.717) is 16.9 Å². The van der Waals surface area contributed by atoms with Crippen LogP contribution in [-0.2, 0) is 14.8 Å². The lowest BCUT2D eigenvalue weighted by atomic mass is 10.1. The molecule has 2 amide bonds. The third-order valence-corrected chi connectivity index (χ3v) is 5.56. The van der Waals surface area contributed by atoms with Gasteiger partial charge in [0.1, 0.15) is 0 Å². The molecule has 3 rings (SSSR count). The number of carbonyl (C=O) groups is 2. The van der Waals surface area contributed by atoms with Crippen LogP contribution in [0.3, 0.4) is 0 Å². The molecule has 8 heteroatoms. The zero-order valence-electron chi connectivity index (χ0n) is 16.3. The lowest BCUT2D eigenvalue weighted by Gasteiger charge is -2.10. The van der Waals surface area contributed by atoms with E-state index in [0.717, 1.165) is 5.56 Å². The third kappa shape index (κ3) is 5.68. The fraction of sp³-hybridized carbons (Fsp3) is 0.0909. The van der Waals surface area contributed by atoms with Crippen molar-refractivity contribution in [1.82, 2.24) is 5.32 Å². The summed E-state index contributed by atoms with van der Waals surface area (Å²) in [6, 6.07) is 21.4. The summed E-state index contributed by atoms with van der Waals surface area (Å²) >= 11 is 0. The van der Waals surface area contributed by atoms with Crippen molar-refractivity contribution in [3.05, 3.63) is 90.0 Å². The number of amides is 2. The van der Waals surface area contributed by atoms with Crippen molar-refractivity contribution < 1.29 is 18.0 Å². The van der Waals surface area contributed by atoms with Crippen LogP contribution in [0.4, 0.5) is 11.4 Å². The number of aryl methyl sites for hydroxylation is 1. The van der Waals surface area contributed by atoms with Crippen LogP contribution in [0.25, 0.3) is 0 Å². The van der Waals surface area contributed by atoms with E-state index in [4.69, 9.17) is 0 Å². The second kappa shape index (κ2) is 9.23. The first-order valence-corrected chi connectivity index (χ1v) is 10.6. The van der Waals surface area contributed by atoms with E-state index >= 15 is 0 Å². The van der Waals surface area contributed by atoms with Crippen molar-refractivity contribution in [2.45, 2.75) is 11.8 Å². The van der Waals surface area contributed by atoms with Gasteiger partial charge in [0.15, 0.2) is 0 Å². The summed E-state index contributed by atoms with van der Waals surface area (Å²) in [4.78, 5) is 24.2. The van der Waals surface area contributed by atoms with Gasteiger partial charge in [0.25, 0.3) is 15.9 Å². The highest BCUT2D eigenvalue weighted by Gasteiger charge is 2.14. The van der Waals surface area contributed by atoms with Crippen LogP contribution < -0.4 is 15.4 Å². The van der Waals surface area contributed by atoms with E-state index in [1.807, 2.05) is 13.0 Å². The maximum atomic E-state index is 12.4. The molecule has 154 valence electrons. The number of sulfonamides is 1. The molecule has 3 N–H and O–H groups in total. The van der Waals surface area contributed by atoms with Gasteiger partial charge in [0.2, 0.25) is 5.91 Å². The molecule has 3 aromatic rings. The molecule has 0 aliphatic carbocycles. The van der Waals surface area contributed by atoms with E-state index in [9.17, 15) is 18.0 Å². The van der Waals surface area contributed by atoms with Gasteiger partial charge in [0, 0.05) is 16.9 Å². The SMILES string of the molecule is Cc1cccc(C(=O)NCC(=O)Nc2ccc(S(=O)(=O)Nc3ccccc3)cc2)c1. The molecule has 0 saturated heterocycles. The molecule has 0 aliphatic rings. The summed E-state index contributed by atoms with van der Waals surface area (Å²) in [5.41, 5.74) is 2.30. The Balaban J connectivity index is 1.56. The Morgan fingerprint density at radius 3 is 2.20 bits per heavy atom. The fourth-order valence-corrected chi connectivity index (χ4v) is 3.75. The Morgan fingerprint density at radius 2 is 1.53 bits per heavy atom. The number of para-hydroxylation sites is 1. The van der Waals surface area contributed by atoms with Crippen LogP contribution >= 0.6 is 0 Å². The van der Waals surface area contributed by atoms with Gasteiger partial charge in [-0.1, -0.05) is 35.9 Å². The topological polar surface area (TPSA) is 104 Å². The first-order valence-electron chi connectivity index (χ1n) is 9.16. The van der Waals surface area contributed by atoms with Crippen LogP contribution in [0.2, 0.25) is 0 Å². The van der Waals surface area contributed by atoms with Crippen molar-refractivity contribution in [2.75, 3.05) is 16.6 Å². The molecule has 7 nitrogen and oxygen atoms in total. The van der Waals surface area contributed by atoms with Crippen LogP contribution in [0.5, 0.6) is 0 Å².